The van der Waals surface area contributed by atoms with Gasteiger partial charge in [-0.1, -0.05) is 64.5 Å². The van der Waals surface area contributed by atoms with Gasteiger partial charge in [-0.3, -0.25) is 9.59 Å². The lowest BCUT2D eigenvalue weighted by Gasteiger charge is -2.18. The number of anilines is 2. The maximum absolute atomic E-state index is 13.4. The molecule has 1 aliphatic heterocycles. The van der Waals surface area contributed by atoms with Crippen LogP contribution in [0.5, 0.6) is 0 Å². The fraction of sp³-hybridized carbons (Fsp3) is 0.0833. The summed E-state index contributed by atoms with van der Waals surface area (Å²) in [5.41, 5.74) is 4.55. The molecule has 0 saturated heterocycles. The number of nitrogens with zero attached hydrogens (tertiary/aromatic N) is 1. The van der Waals surface area contributed by atoms with Gasteiger partial charge in [0.2, 0.25) is 0 Å². The second-order valence-electron chi connectivity index (χ2n) is 6.99. The van der Waals surface area contributed by atoms with Gasteiger partial charge in [-0.15, -0.1) is 0 Å². The summed E-state index contributed by atoms with van der Waals surface area (Å²) in [5, 5.41) is 3.18. The highest BCUT2D eigenvalue weighted by atomic mass is 79.9. The van der Waals surface area contributed by atoms with Gasteiger partial charge >= 0.3 is 0 Å². The van der Waals surface area contributed by atoms with Crippen LogP contribution in [-0.2, 0) is 9.59 Å². The first kappa shape index (κ1) is 19.2. The van der Waals surface area contributed by atoms with E-state index in [1.165, 1.54) is 4.90 Å². The smallest absolute Gasteiger partial charge is 0.282 e. The predicted octanol–water partition coefficient (Wildman–Crippen LogP) is 5.46. The average molecular weight is 447 g/mol. The summed E-state index contributed by atoms with van der Waals surface area (Å²) in [6, 6.07) is 22.6. The number of hydrogen-bond donors (Lipinski definition) is 1. The van der Waals surface area contributed by atoms with Crippen molar-refractivity contribution in [2.45, 2.75) is 13.8 Å². The van der Waals surface area contributed by atoms with Crippen molar-refractivity contribution in [2.75, 3.05) is 10.2 Å². The number of benzene rings is 3. The quantitative estimate of drug-likeness (QED) is 0.541. The maximum Gasteiger partial charge on any atom is 0.282 e. The van der Waals surface area contributed by atoms with Gasteiger partial charge < -0.3 is 5.32 Å². The molecular formula is C24H19BrN2O2. The molecule has 0 aliphatic carbocycles. The summed E-state index contributed by atoms with van der Waals surface area (Å²) in [7, 11) is 0. The Bertz CT molecular complexity index is 1150. The highest BCUT2D eigenvalue weighted by Gasteiger charge is 2.40. The lowest BCUT2D eigenvalue weighted by atomic mass is 10.0. The summed E-state index contributed by atoms with van der Waals surface area (Å²) >= 11 is 3.45. The van der Waals surface area contributed by atoms with Gasteiger partial charge in [0.1, 0.15) is 5.70 Å². The number of aryl methyl sites for hydroxylation is 2. The largest absolute Gasteiger partial charge is 0.350 e. The fourth-order valence-electron chi connectivity index (χ4n) is 3.41. The van der Waals surface area contributed by atoms with Gasteiger partial charge in [0.25, 0.3) is 11.8 Å². The van der Waals surface area contributed by atoms with Gasteiger partial charge in [-0.05, 0) is 54.8 Å². The van der Waals surface area contributed by atoms with Crippen LogP contribution in [0.1, 0.15) is 16.7 Å². The number of hydrogen-bond acceptors (Lipinski definition) is 3. The number of amides is 2. The Morgan fingerprint density at radius 1 is 0.828 bits per heavy atom. The van der Waals surface area contributed by atoms with Crippen LogP contribution >= 0.6 is 15.9 Å². The first-order chi connectivity index (χ1) is 14.0. The van der Waals surface area contributed by atoms with Crippen molar-refractivity contribution >= 4 is 44.7 Å². The molecule has 0 atom stereocenters. The van der Waals surface area contributed by atoms with E-state index in [2.05, 4.69) is 21.2 Å². The normalized spacial score (nSPS) is 14.0. The van der Waals surface area contributed by atoms with E-state index in [0.29, 0.717) is 16.8 Å². The van der Waals surface area contributed by atoms with Crippen molar-refractivity contribution in [3.05, 3.63) is 99.7 Å². The first-order valence-corrected chi connectivity index (χ1v) is 10.0. The minimum atomic E-state index is -0.359. The SMILES string of the molecule is Cc1ccc(C)c(N2C(=O)C(Nc3cccc(Br)c3)=C(c3ccccc3)C2=O)c1. The molecule has 4 nitrogen and oxygen atoms in total. The Morgan fingerprint density at radius 2 is 1.59 bits per heavy atom. The lowest BCUT2D eigenvalue weighted by molar-refractivity contribution is -0.120. The summed E-state index contributed by atoms with van der Waals surface area (Å²) in [6.45, 7) is 3.84. The maximum atomic E-state index is 13.4. The molecule has 144 valence electrons. The van der Waals surface area contributed by atoms with E-state index >= 15 is 0 Å². The van der Waals surface area contributed by atoms with Crippen molar-refractivity contribution in [3.8, 4) is 0 Å². The van der Waals surface area contributed by atoms with Crippen molar-refractivity contribution in [1.29, 1.82) is 0 Å². The van der Waals surface area contributed by atoms with Crippen LogP contribution in [0.25, 0.3) is 5.57 Å². The summed E-state index contributed by atoms with van der Waals surface area (Å²) < 4.78 is 0.882. The summed E-state index contributed by atoms with van der Waals surface area (Å²) in [4.78, 5) is 28.1. The molecule has 0 aromatic heterocycles. The Morgan fingerprint density at radius 3 is 2.31 bits per heavy atom. The molecule has 0 spiro atoms. The highest BCUT2D eigenvalue weighted by molar-refractivity contribution is 9.10. The number of halogens is 1. The van der Waals surface area contributed by atoms with Crippen molar-refractivity contribution in [3.63, 3.8) is 0 Å². The molecule has 0 saturated carbocycles. The van der Waals surface area contributed by atoms with E-state index in [-0.39, 0.29) is 17.5 Å². The van der Waals surface area contributed by atoms with E-state index in [1.54, 1.807) is 0 Å². The zero-order valence-electron chi connectivity index (χ0n) is 16.1. The Kier molecular flexibility index (Phi) is 5.07. The van der Waals surface area contributed by atoms with E-state index in [4.69, 9.17) is 0 Å². The van der Waals surface area contributed by atoms with Crippen molar-refractivity contribution in [2.24, 2.45) is 0 Å². The minimum absolute atomic E-state index is 0.278. The van der Waals surface area contributed by atoms with Gasteiger partial charge in [0.15, 0.2) is 0 Å². The molecule has 0 bridgehead atoms. The fourth-order valence-corrected chi connectivity index (χ4v) is 3.81. The average Bonchev–Trinajstić information content (AvgIpc) is 2.94. The minimum Gasteiger partial charge on any atom is -0.350 e. The zero-order chi connectivity index (χ0) is 20.5. The number of carbonyl (C=O) groups excluding carboxylic acids is 2. The second kappa shape index (κ2) is 7.68. The number of imide groups is 1. The van der Waals surface area contributed by atoms with E-state index < -0.39 is 0 Å². The Hall–Kier alpha value is -3.18. The van der Waals surface area contributed by atoms with E-state index in [0.717, 1.165) is 21.3 Å². The van der Waals surface area contributed by atoms with Crippen LogP contribution in [0, 0.1) is 13.8 Å². The molecule has 29 heavy (non-hydrogen) atoms. The second-order valence-corrected chi connectivity index (χ2v) is 7.90. The molecule has 1 N–H and O–H groups in total. The van der Waals surface area contributed by atoms with Crippen LogP contribution in [0.2, 0.25) is 0 Å². The molecule has 1 aliphatic rings. The van der Waals surface area contributed by atoms with Crippen molar-refractivity contribution in [1.82, 2.24) is 0 Å². The molecule has 3 aromatic rings. The third kappa shape index (κ3) is 3.61. The van der Waals surface area contributed by atoms with Crippen molar-refractivity contribution < 1.29 is 9.59 Å². The van der Waals surface area contributed by atoms with Gasteiger partial charge in [-0.2, -0.15) is 0 Å². The number of nitrogens with one attached hydrogen (secondary N) is 1. The van der Waals surface area contributed by atoms with Gasteiger partial charge in [-0.25, -0.2) is 4.90 Å². The topological polar surface area (TPSA) is 49.4 Å². The van der Waals surface area contributed by atoms with Crippen LogP contribution in [0.3, 0.4) is 0 Å². The summed E-state index contributed by atoms with van der Waals surface area (Å²) in [6.07, 6.45) is 0. The third-order valence-corrected chi connectivity index (χ3v) is 5.34. The van der Waals surface area contributed by atoms with E-state index in [1.807, 2.05) is 86.6 Å². The standard InChI is InChI=1S/C24H19BrN2O2/c1-15-11-12-16(2)20(13-15)27-23(28)21(17-7-4-3-5-8-17)22(24(27)29)26-19-10-6-9-18(25)14-19/h3-14,26H,1-2H3. The van der Waals surface area contributed by atoms with Crippen LogP contribution in [0.15, 0.2) is 83.0 Å². The molecule has 3 aromatic carbocycles. The molecule has 0 unspecified atom stereocenters. The van der Waals surface area contributed by atoms with Gasteiger partial charge in [0, 0.05) is 10.2 Å². The predicted molar refractivity (Wildman–Crippen MR) is 120 cm³/mol. The molecule has 2 amide bonds. The molecule has 5 heteroatoms. The molecular weight excluding hydrogens is 428 g/mol. The molecule has 0 fully saturated rings. The highest BCUT2D eigenvalue weighted by Crippen LogP contribution is 2.35. The van der Waals surface area contributed by atoms with E-state index in [9.17, 15) is 9.59 Å². The first-order valence-electron chi connectivity index (χ1n) is 9.24. The number of carbonyl (C=O) groups is 2. The molecule has 4 rings (SSSR count). The van der Waals surface area contributed by atoms with Crippen LogP contribution in [0.4, 0.5) is 11.4 Å². The third-order valence-electron chi connectivity index (χ3n) is 4.85. The van der Waals surface area contributed by atoms with Crippen LogP contribution in [-0.4, -0.2) is 11.8 Å². The molecule has 1 heterocycles. The zero-order valence-corrected chi connectivity index (χ0v) is 17.7. The van der Waals surface area contributed by atoms with Gasteiger partial charge in [0.05, 0.1) is 11.3 Å². The number of rotatable bonds is 4. The Balaban J connectivity index is 1.85. The summed E-state index contributed by atoms with van der Waals surface area (Å²) in [5.74, 6) is -0.685. The molecule has 0 radical (unpaired) electrons. The Labute approximate surface area is 178 Å². The lowest BCUT2D eigenvalue weighted by Crippen LogP contribution is -2.33. The monoisotopic (exact) mass is 446 g/mol. The van der Waals surface area contributed by atoms with Crippen LogP contribution < -0.4 is 10.2 Å².